The molecule has 0 radical (unpaired) electrons. The maximum Gasteiger partial charge on any atom is 0.234 e. The summed E-state index contributed by atoms with van der Waals surface area (Å²) in [5.74, 6) is -0.00580. The van der Waals surface area contributed by atoms with Crippen molar-refractivity contribution in [3.05, 3.63) is 70.2 Å². The van der Waals surface area contributed by atoms with Gasteiger partial charge in [-0.3, -0.25) is 4.79 Å². The fraction of sp³-hybridized carbons (Fsp3) is 0.316. The zero-order valence-corrected chi connectivity index (χ0v) is 14.4. The summed E-state index contributed by atoms with van der Waals surface area (Å²) in [5, 5.41) is 6.96. The normalized spacial score (nSPS) is 12.0. The van der Waals surface area contributed by atoms with E-state index in [1.807, 2.05) is 55.5 Å². The van der Waals surface area contributed by atoms with Crippen LogP contribution in [0.5, 0.6) is 0 Å². The van der Waals surface area contributed by atoms with Crippen molar-refractivity contribution in [2.75, 3.05) is 6.54 Å². The van der Waals surface area contributed by atoms with E-state index in [-0.39, 0.29) is 18.5 Å². The lowest BCUT2D eigenvalue weighted by Gasteiger charge is -2.17. The standard InChI is InChI=1S/C19H23ClN2O/c1-3-18(15-9-6-10-17(20)11-15)21-13-19(23)22-12-16-8-5-4-7-14(16)2/h4-11,18,21H,3,12-13H2,1-2H3,(H,22,23). The molecule has 0 aliphatic heterocycles. The van der Waals surface area contributed by atoms with Gasteiger partial charge in [-0.25, -0.2) is 0 Å². The van der Waals surface area contributed by atoms with Gasteiger partial charge in [0.05, 0.1) is 6.54 Å². The molecule has 4 heteroatoms. The molecule has 2 N–H and O–H groups in total. The second-order valence-electron chi connectivity index (χ2n) is 5.60. The molecule has 122 valence electrons. The van der Waals surface area contributed by atoms with E-state index in [4.69, 9.17) is 11.6 Å². The first kappa shape index (κ1) is 17.5. The number of aryl methyl sites for hydroxylation is 1. The van der Waals surface area contributed by atoms with Crippen molar-refractivity contribution in [3.8, 4) is 0 Å². The van der Waals surface area contributed by atoms with Crippen molar-refractivity contribution in [1.29, 1.82) is 0 Å². The van der Waals surface area contributed by atoms with E-state index in [2.05, 4.69) is 17.6 Å². The Bertz CT molecular complexity index is 657. The third-order valence-electron chi connectivity index (χ3n) is 3.91. The van der Waals surface area contributed by atoms with Crippen LogP contribution in [0, 0.1) is 6.92 Å². The molecule has 0 aliphatic rings. The summed E-state index contributed by atoms with van der Waals surface area (Å²) in [6.45, 7) is 4.98. The second-order valence-corrected chi connectivity index (χ2v) is 6.04. The Morgan fingerprint density at radius 1 is 1.17 bits per heavy atom. The van der Waals surface area contributed by atoms with Gasteiger partial charge >= 0.3 is 0 Å². The molecule has 1 atom stereocenters. The molecule has 2 aromatic carbocycles. The number of carbonyl (C=O) groups excluding carboxylic acids is 1. The van der Waals surface area contributed by atoms with Gasteiger partial charge in [-0.2, -0.15) is 0 Å². The molecule has 0 saturated carbocycles. The van der Waals surface area contributed by atoms with Gasteiger partial charge in [0, 0.05) is 17.6 Å². The van der Waals surface area contributed by atoms with Gasteiger partial charge in [0.15, 0.2) is 0 Å². The SMILES string of the molecule is CCC(NCC(=O)NCc1ccccc1C)c1cccc(Cl)c1. The monoisotopic (exact) mass is 330 g/mol. The predicted octanol–water partition coefficient (Wildman–Crippen LogP) is 4.01. The van der Waals surface area contributed by atoms with Crippen LogP contribution in [0.25, 0.3) is 0 Å². The summed E-state index contributed by atoms with van der Waals surface area (Å²) in [6, 6.07) is 15.9. The van der Waals surface area contributed by atoms with Gasteiger partial charge in [-0.1, -0.05) is 54.9 Å². The minimum absolute atomic E-state index is 0.00580. The third kappa shape index (κ3) is 5.38. The molecular formula is C19H23ClN2O. The zero-order chi connectivity index (χ0) is 16.7. The van der Waals surface area contributed by atoms with Crippen LogP contribution < -0.4 is 10.6 Å². The van der Waals surface area contributed by atoms with E-state index in [9.17, 15) is 4.79 Å². The maximum atomic E-state index is 12.0. The molecule has 0 fully saturated rings. The number of rotatable bonds is 7. The van der Waals surface area contributed by atoms with Crippen LogP contribution in [0.1, 0.15) is 36.1 Å². The Hall–Kier alpha value is -1.84. The van der Waals surface area contributed by atoms with Crippen LogP contribution in [0.3, 0.4) is 0 Å². The lowest BCUT2D eigenvalue weighted by atomic mass is 10.0. The summed E-state index contributed by atoms with van der Waals surface area (Å²) in [5.41, 5.74) is 3.43. The topological polar surface area (TPSA) is 41.1 Å². The molecule has 1 unspecified atom stereocenters. The van der Waals surface area contributed by atoms with Gasteiger partial charge in [0.2, 0.25) is 5.91 Å². The van der Waals surface area contributed by atoms with Gasteiger partial charge < -0.3 is 10.6 Å². The van der Waals surface area contributed by atoms with Crippen LogP contribution >= 0.6 is 11.6 Å². The van der Waals surface area contributed by atoms with Crippen LogP contribution in [-0.2, 0) is 11.3 Å². The summed E-state index contributed by atoms with van der Waals surface area (Å²) in [7, 11) is 0. The van der Waals surface area contributed by atoms with Crippen molar-refractivity contribution in [2.45, 2.75) is 32.9 Å². The van der Waals surface area contributed by atoms with E-state index in [1.54, 1.807) is 0 Å². The second kappa shape index (κ2) is 8.70. The summed E-state index contributed by atoms with van der Waals surface area (Å²) >= 11 is 6.03. The summed E-state index contributed by atoms with van der Waals surface area (Å²) in [6.07, 6.45) is 0.894. The third-order valence-corrected chi connectivity index (χ3v) is 4.14. The molecule has 0 heterocycles. The number of benzene rings is 2. The van der Waals surface area contributed by atoms with Crippen LogP contribution in [0.4, 0.5) is 0 Å². The average molecular weight is 331 g/mol. The van der Waals surface area contributed by atoms with Gasteiger partial charge in [-0.05, 0) is 42.2 Å². The van der Waals surface area contributed by atoms with E-state index < -0.39 is 0 Å². The first-order chi connectivity index (χ1) is 11.1. The highest BCUT2D eigenvalue weighted by Crippen LogP contribution is 2.20. The summed E-state index contributed by atoms with van der Waals surface area (Å²) < 4.78 is 0. The van der Waals surface area contributed by atoms with Crippen molar-refractivity contribution in [2.24, 2.45) is 0 Å². The number of amides is 1. The molecule has 0 aromatic heterocycles. The average Bonchev–Trinajstić information content (AvgIpc) is 2.55. The fourth-order valence-corrected chi connectivity index (χ4v) is 2.70. The number of carbonyl (C=O) groups is 1. The molecular weight excluding hydrogens is 308 g/mol. The highest BCUT2D eigenvalue weighted by atomic mass is 35.5. The van der Waals surface area contributed by atoms with E-state index in [0.29, 0.717) is 11.6 Å². The van der Waals surface area contributed by atoms with Crippen LogP contribution in [0.2, 0.25) is 5.02 Å². The fourth-order valence-electron chi connectivity index (χ4n) is 2.50. The molecule has 23 heavy (non-hydrogen) atoms. The molecule has 3 nitrogen and oxygen atoms in total. The van der Waals surface area contributed by atoms with Crippen molar-refractivity contribution in [3.63, 3.8) is 0 Å². The molecule has 0 bridgehead atoms. The number of hydrogen-bond donors (Lipinski definition) is 2. The predicted molar refractivity (Wildman–Crippen MR) is 95.5 cm³/mol. The highest BCUT2D eigenvalue weighted by molar-refractivity contribution is 6.30. The lowest BCUT2D eigenvalue weighted by Crippen LogP contribution is -2.35. The minimum Gasteiger partial charge on any atom is -0.351 e. The minimum atomic E-state index is -0.00580. The van der Waals surface area contributed by atoms with Crippen molar-refractivity contribution < 1.29 is 4.79 Å². The Morgan fingerprint density at radius 3 is 2.65 bits per heavy atom. The molecule has 1 amide bonds. The van der Waals surface area contributed by atoms with Gasteiger partial charge in [0.25, 0.3) is 0 Å². The maximum absolute atomic E-state index is 12.0. The van der Waals surface area contributed by atoms with Gasteiger partial charge in [0.1, 0.15) is 0 Å². The van der Waals surface area contributed by atoms with Crippen molar-refractivity contribution in [1.82, 2.24) is 10.6 Å². The van der Waals surface area contributed by atoms with E-state index in [1.165, 1.54) is 5.56 Å². The van der Waals surface area contributed by atoms with Crippen LogP contribution in [0.15, 0.2) is 48.5 Å². The molecule has 0 spiro atoms. The van der Waals surface area contributed by atoms with E-state index in [0.717, 1.165) is 17.5 Å². The highest BCUT2D eigenvalue weighted by Gasteiger charge is 2.11. The Balaban J connectivity index is 1.84. The molecule has 0 saturated heterocycles. The Morgan fingerprint density at radius 2 is 1.96 bits per heavy atom. The Kier molecular flexibility index (Phi) is 6.63. The quantitative estimate of drug-likeness (QED) is 0.805. The van der Waals surface area contributed by atoms with Crippen molar-refractivity contribution >= 4 is 17.5 Å². The Labute approximate surface area is 143 Å². The zero-order valence-electron chi connectivity index (χ0n) is 13.6. The lowest BCUT2D eigenvalue weighted by molar-refractivity contribution is -0.120. The van der Waals surface area contributed by atoms with Gasteiger partial charge in [-0.15, -0.1) is 0 Å². The number of nitrogens with one attached hydrogen (secondary N) is 2. The first-order valence-corrected chi connectivity index (χ1v) is 8.28. The molecule has 2 rings (SSSR count). The molecule has 2 aromatic rings. The van der Waals surface area contributed by atoms with Crippen LogP contribution in [-0.4, -0.2) is 12.5 Å². The number of halogens is 1. The number of hydrogen-bond acceptors (Lipinski definition) is 2. The van der Waals surface area contributed by atoms with E-state index >= 15 is 0 Å². The smallest absolute Gasteiger partial charge is 0.234 e. The summed E-state index contributed by atoms with van der Waals surface area (Å²) in [4.78, 5) is 12.0. The largest absolute Gasteiger partial charge is 0.351 e. The molecule has 0 aliphatic carbocycles. The first-order valence-electron chi connectivity index (χ1n) is 7.90.